The average Bonchev–Trinajstić information content (AvgIpc) is 3.15. The molecule has 0 saturated carbocycles. The van der Waals surface area contributed by atoms with Gasteiger partial charge in [-0.25, -0.2) is 9.98 Å². The van der Waals surface area contributed by atoms with Crippen molar-refractivity contribution in [3.63, 3.8) is 0 Å². The van der Waals surface area contributed by atoms with Crippen LogP contribution in [0.3, 0.4) is 0 Å². The van der Waals surface area contributed by atoms with E-state index in [1.165, 1.54) is 18.2 Å². The number of imidazole rings is 1. The fraction of sp³-hybridized carbons (Fsp3) is 0.500. The molecule has 0 radical (unpaired) electrons. The van der Waals surface area contributed by atoms with Crippen LogP contribution in [0.1, 0.15) is 36.7 Å². The zero-order valence-corrected chi connectivity index (χ0v) is 20.3. The third-order valence-electron chi connectivity index (χ3n) is 5.34. The molecule has 30 heavy (non-hydrogen) atoms. The second-order valence-corrected chi connectivity index (χ2v) is 7.38. The molecule has 164 valence electrons. The molecule has 1 saturated heterocycles. The largest absolute Gasteiger partial charge is 0.469 e. The Morgan fingerprint density at radius 1 is 1.30 bits per heavy atom. The molecule has 0 bridgehead atoms. The smallest absolute Gasteiger partial charge is 0.308 e. The molecule has 0 amide bonds. The summed E-state index contributed by atoms with van der Waals surface area (Å²) in [5.41, 5.74) is 2.42. The van der Waals surface area contributed by atoms with Crippen molar-refractivity contribution in [2.45, 2.75) is 39.8 Å². The summed E-state index contributed by atoms with van der Waals surface area (Å²) < 4.78 is 7.02. The Labute approximate surface area is 195 Å². The number of hydrogen-bond acceptors (Lipinski definition) is 4. The minimum absolute atomic E-state index is 0. The molecule has 3 rings (SSSR count). The van der Waals surface area contributed by atoms with Crippen molar-refractivity contribution in [3.05, 3.63) is 53.6 Å². The average molecular weight is 525 g/mol. The maximum atomic E-state index is 11.8. The van der Waals surface area contributed by atoms with Crippen molar-refractivity contribution in [2.75, 3.05) is 26.7 Å². The number of halogens is 1. The Kier molecular flexibility index (Phi) is 9.61. The minimum Gasteiger partial charge on any atom is -0.469 e. The van der Waals surface area contributed by atoms with Crippen molar-refractivity contribution in [1.29, 1.82) is 0 Å². The Morgan fingerprint density at radius 3 is 2.67 bits per heavy atom. The van der Waals surface area contributed by atoms with Gasteiger partial charge in [-0.15, -0.1) is 24.0 Å². The monoisotopic (exact) mass is 525 g/mol. The van der Waals surface area contributed by atoms with Gasteiger partial charge in [-0.05, 0) is 37.8 Å². The van der Waals surface area contributed by atoms with Gasteiger partial charge in [-0.3, -0.25) is 4.79 Å². The van der Waals surface area contributed by atoms with Gasteiger partial charge in [0.1, 0.15) is 5.82 Å². The molecule has 0 aliphatic carbocycles. The number of benzene rings is 1. The fourth-order valence-corrected chi connectivity index (χ4v) is 3.68. The molecular weight excluding hydrogens is 493 g/mol. The molecule has 0 spiro atoms. The van der Waals surface area contributed by atoms with E-state index >= 15 is 0 Å². The number of guanidine groups is 1. The lowest BCUT2D eigenvalue weighted by Gasteiger charge is -2.33. The minimum atomic E-state index is -0.100. The number of methoxy groups -OCH3 is 1. The molecule has 1 aromatic heterocycles. The van der Waals surface area contributed by atoms with E-state index in [4.69, 9.17) is 9.73 Å². The molecule has 7 nitrogen and oxygen atoms in total. The number of likely N-dealkylation sites (tertiary alicyclic amines) is 1. The van der Waals surface area contributed by atoms with E-state index in [0.29, 0.717) is 6.54 Å². The number of aryl methyl sites for hydroxylation is 1. The van der Waals surface area contributed by atoms with Gasteiger partial charge in [-0.2, -0.15) is 0 Å². The zero-order valence-electron chi connectivity index (χ0n) is 18.0. The van der Waals surface area contributed by atoms with Gasteiger partial charge in [-0.1, -0.05) is 24.3 Å². The molecule has 8 heteroatoms. The van der Waals surface area contributed by atoms with Crippen LogP contribution in [0.5, 0.6) is 0 Å². The van der Waals surface area contributed by atoms with Gasteiger partial charge in [0, 0.05) is 38.6 Å². The first-order valence-electron chi connectivity index (χ1n) is 10.3. The first-order valence-corrected chi connectivity index (χ1v) is 10.3. The Morgan fingerprint density at radius 2 is 2.03 bits per heavy atom. The van der Waals surface area contributed by atoms with Crippen molar-refractivity contribution in [3.8, 4) is 0 Å². The molecule has 1 N–H and O–H groups in total. The van der Waals surface area contributed by atoms with Gasteiger partial charge in [0.05, 0.1) is 19.6 Å². The zero-order chi connectivity index (χ0) is 20.6. The lowest BCUT2D eigenvalue weighted by molar-refractivity contribution is -0.146. The summed E-state index contributed by atoms with van der Waals surface area (Å²) in [7, 11) is 1.46. The highest BCUT2D eigenvalue weighted by molar-refractivity contribution is 14.0. The summed E-state index contributed by atoms with van der Waals surface area (Å²) in [6.45, 7) is 7.96. The van der Waals surface area contributed by atoms with E-state index in [2.05, 4.69) is 51.0 Å². The highest BCUT2D eigenvalue weighted by atomic mass is 127. The molecule has 1 aromatic carbocycles. The van der Waals surface area contributed by atoms with E-state index in [-0.39, 0.29) is 35.9 Å². The van der Waals surface area contributed by atoms with Crippen LogP contribution in [-0.4, -0.2) is 53.1 Å². The number of carbonyl (C=O) groups is 1. The summed E-state index contributed by atoms with van der Waals surface area (Å²) in [5, 5.41) is 3.39. The number of aliphatic imine (C=N–C) groups is 1. The Hall–Kier alpha value is -2.10. The number of esters is 1. The van der Waals surface area contributed by atoms with Crippen LogP contribution < -0.4 is 5.32 Å². The number of nitrogens with one attached hydrogen (secondary N) is 1. The number of nitrogens with zero attached hydrogens (tertiary/aromatic N) is 4. The first kappa shape index (κ1) is 24.2. The predicted molar refractivity (Wildman–Crippen MR) is 129 cm³/mol. The van der Waals surface area contributed by atoms with Crippen molar-refractivity contribution >= 4 is 35.9 Å². The number of carbonyl (C=O) groups excluding carboxylic acids is 1. The van der Waals surface area contributed by atoms with Crippen LogP contribution >= 0.6 is 24.0 Å². The highest BCUT2D eigenvalue weighted by Crippen LogP contribution is 2.19. The number of ether oxygens (including phenoxy) is 1. The quantitative estimate of drug-likeness (QED) is 0.272. The summed E-state index contributed by atoms with van der Waals surface area (Å²) in [6.07, 6.45) is 5.44. The van der Waals surface area contributed by atoms with Crippen LogP contribution in [0.2, 0.25) is 0 Å². The molecule has 1 fully saturated rings. The molecule has 2 heterocycles. The number of aromatic nitrogens is 2. The molecular formula is C22H32IN5O2. The lowest BCUT2D eigenvalue weighted by Crippen LogP contribution is -2.46. The molecule has 0 unspecified atom stereocenters. The van der Waals surface area contributed by atoms with Crippen LogP contribution in [0.15, 0.2) is 41.7 Å². The van der Waals surface area contributed by atoms with Gasteiger partial charge >= 0.3 is 5.97 Å². The van der Waals surface area contributed by atoms with Crippen LogP contribution in [0.4, 0.5) is 0 Å². The second kappa shape index (κ2) is 11.9. The molecule has 0 atom stereocenters. The van der Waals surface area contributed by atoms with E-state index < -0.39 is 0 Å². The Bertz CT molecular complexity index is 844. The van der Waals surface area contributed by atoms with E-state index in [9.17, 15) is 4.79 Å². The normalized spacial score (nSPS) is 14.9. The van der Waals surface area contributed by atoms with Gasteiger partial charge in [0.25, 0.3) is 0 Å². The number of rotatable bonds is 6. The van der Waals surface area contributed by atoms with Crippen molar-refractivity contribution in [1.82, 2.24) is 19.8 Å². The van der Waals surface area contributed by atoms with Crippen LogP contribution in [-0.2, 0) is 22.6 Å². The van der Waals surface area contributed by atoms with Gasteiger partial charge in [0.2, 0.25) is 0 Å². The van der Waals surface area contributed by atoms with E-state index in [1.807, 2.05) is 19.3 Å². The van der Waals surface area contributed by atoms with Gasteiger partial charge < -0.3 is 19.5 Å². The highest BCUT2D eigenvalue weighted by Gasteiger charge is 2.26. The SMILES string of the molecule is CCNC(=NCc1cccc(Cn2ccnc2C)c1)N1CCC(C(=O)OC)CC1.I. The second-order valence-electron chi connectivity index (χ2n) is 7.38. The van der Waals surface area contributed by atoms with Crippen LogP contribution in [0, 0.1) is 12.8 Å². The Balaban J connectivity index is 0.00000320. The third kappa shape index (κ3) is 6.45. The van der Waals surface area contributed by atoms with E-state index in [1.54, 1.807) is 0 Å². The van der Waals surface area contributed by atoms with E-state index in [0.717, 1.165) is 50.8 Å². The molecule has 1 aliphatic heterocycles. The van der Waals surface area contributed by atoms with Crippen molar-refractivity contribution < 1.29 is 9.53 Å². The summed E-state index contributed by atoms with van der Waals surface area (Å²) in [5.74, 6) is 1.82. The topological polar surface area (TPSA) is 71.8 Å². The number of hydrogen-bond donors (Lipinski definition) is 1. The van der Waals surface area contributed by atoms with Crippen LogP contribution in [0.25, 0.3) is 0 Å². The molecule has 2 aromatic rings. The summed E-state index contributed by atoms with van der Waals surface area (Å²) in [4.78, 5) is 23.1. The molecule has 1 aliphatic rings. The predicted octanol–water partition coefficient (Wildman–Crippen LogP) is 3.21. The summed E-state index contributed by atoms with van der Waals surface area (Å²) >= 11 is 0. The third-order valence-corrected chi connectivity index (χ3v) is 5.34. The lowest BCUT2D eigenvalue weighted by atomic mass is 9.97. The number of piperidine rings is 1. The maximum Gasteiger partial charge on any atom is 0.308 e. The summed E-state index contributed by atoms with van der Waals surface area (Å²) in [6, 6.07) is 8.54. The fourth-order valence-electron chi connectivity index (χ4n) is 3.68. The van der Waals surface area contributed by atoms with Crippen molar-refractivity contribution in [2.24, 2.45) is 10.9 Å². The first-order chi connectivity index (χ1) is 14.1. The standard InChI is InChI=1S/C22H31N5O2.HI/c1-4-23-22(26-11-8-20(9-12-26)21(28)29-3)25-15-18-6-5-7-19(14-18)16-27-13-10-24-17(27)2;/h5-7,10,13-14,20H,4,8-9,11-12,15-16H2,1-3H3,(H,23,25);1H. The van der Waals surface area contributed by atoms with Gasteiger partial charge in [0.15, 0.2) is 5.96 Å². The maximum absolute atomic E-state index is 11.8.